The minimum atomic E-state index is -3.76. The van der Waals surface area contributed by atoms with Crippen LogP contribution >= 0.6 is 23.2 Å². The molecule has 114 valence electrons. The Kier molecular flexibility index (Phi) is 5.29. The third-order valence-corrected chi connectivity index (χ3v) is 5.09. The Morgan fingerprint density at radius 3 is 2.67 bits per heavy atom. The Morgan fingerprint density at radius 1 is 1.29 bits per heavy atom. The first-order valence-electron chi connectivity index (χ1n) is 6.14. The smallest absolute Gasteiger partial charge is 0.242 e. The van der Waals surface area contributed by atoms with Crippen molar-refractivity contribution < 1.29 is 12.8 Å². The zero-order valence-electron chi connectivity index (χ0n) is 11.0. The fraction of sp³-hybridized carbons (Fsp3) is 0.231. The number of hydrogen-bond donors (Lipinski definition) is 2. The second-order valence-electron chi connectivity index (χ2n) is 4.31. The summed E-state index contributed by atoms with van der Waals surface area (Å²) < 4.78 is 32.1. The summed E-state index contributed by atoms with van der Waals surface area (Å²) in [5.74, 6) is 0.692. The highest BCUT2D eigenvalue weighted by molar-refractivity contribution is 7.89. The van der Waals surface area contributed by atoms with Crippen LogP contribution in [0.25, 0.3) is 0 Å². The Hall–Kier alpha value is -1.05. The summed E-state index contributed by atoms with van der Waals surface area (Å²) in [7, 11) is -3.76. The maximum absolute atomic E-state index is 12.3. The van der Waals surface area contributed by atoms with Gasteiger partial charge in [-0.3, -0.25) is 0 Å². The van der Waals surface area contributed by atoms with Crippen LogP contribution in [0.2, 0.25) is 10.0 Å². The van der Waals surface area contributed by atoms with Crippen LogP contribution < -0.4 is 10.5 Å². The standard InChI is InChI=1S/C13H14Cl2N2O3S/c14-10-6-9(8-16)13(15)12(7-10)21(18,19)17-4-3-11-2-1-5-20-11/h1-2,5-7,17H,3-4,8,16H2. The molecule has 0 radical (unpaired) electrons. The van der Waals surface area contributed by atoms with Crippen LogP contribution in [0, 0.1) is 0 Å². The van der Waals surface area contributed by atoms with Crippen molar-refractivity contribution >= 4 is 33.2 Å². The lowest BCUT2D eigenvalue weighted by atomic mass is 10.2. The summed E-state index contributed by atoms with van der Waals surface area (Å²) in [5, 5.41) is 0.360. The SMILES string of the molecule is NCc1cc(Cl)cc(S(=O)(=O)NCCc2ccco2)c1Cl. The van der Waals surface area contributed by atoms with Gasteiger partial charge in [-0.2, -0.15) is 0 Å². The average Bonchev–Trinajstić information content (AvgIpc) is 2.93. The first kappa shape index (κ1) is 16.3. The van der Waals surface area contributed by atoms with E-state index in [-0.39, 0.29) is 28.0 Å². The fourth-order valence-corrected chi connectivity index (χ4v) is 3.78. The second kappa shape index (κ2) is 6.81. The molecule has 1 heterocycles. The maximum Gasteiger partial charge on any atom is 0.242 e. The van der Waals surface area contributed by atoms with Crippen LogP contribution in [0.3, 0.4) is 0 Å². The predicted octanol–water partition coefficient (Wildman–Crippen LogP) is 2.57. The lowest BCUT2D eigenvalue weighted by Crippen LogP contribution is -2.26. The van der Waals surface area contributed by atoms with Gasteiger partial charge in [0.15, 0.2) is 0 Å². The van der Waals surface area contributed by atoms with Gasteiger partial charge in [-0.1, -0.05) is 23.2 Å². The average molecular weight is 349 g/mol. The predicted molar refractivity (Wildman–Crippen MR) is 82.0 cm³/mol. The van der Waals surface area contributed by atoms with Crippen LogP contribution in [0.4, 0.5) is 0 Å². The lowest BCUT2D eigenvalue weighted by Gasteiger charge is -2.11. The molecule has 0 aliphatic carbocycles. The van der Waals surface area contributed by atoms with Crippen molar-refractivity contribution in [3.05, 3.63) is 51.9 Å². The minimum absolute atomic E-state index is 0.0726. The molecular formula is C13H14Cl2N2O3S. The molecule has 5 nitrogen and oxygen atoms in total. The first-order valence-corrected chi connectivity index (χ1v) is 8.38. The minimum Gasteiger partial charge on any atom is -0.469 e. The number of hydrogen-bond acceptors (Lipinski definition) is 4. The fourth-order valence-electron chi connectivity index (χ4n) is 1.80. The van der Waals surface area contributed by atoms with Gasteiger partial charge in [0.05, 0.1) is 11.3 Å². The van der Waals surface area contributed by atoms with E-state index in [1.165, 1.54) is 12.3 Å². The van der Waals surface area contributed by atoms with Crippen molar-refractivity contribution in [3.8, 4) is 0 Å². The number of nitrogens with one attached hydrogen (secondary N) is 1. The van der Waals surface area contributed by atoms with Gasteiger partial charge in [0.2, 0.25) is 10.0 Å². The van der Waals surface area contributed by atoms with Crippen molar-refractivity contribution in [2.24, 2.45) is 5.73 Å². The highest BCUT2D eigenvalue weighted by Crippen LogP contribution is 2.29. The molecule has 3 N–H and O–H groups in total. The lowest BCUT2D eigenvalue weighted by molar-refractivity contribution is 0.506. The Labute approximate surface area is 133 Å². The second-order valence-corrected chi connectivity index (χ2v) is 6.86. The first-order chi connectivity index (χ1) is 9.94. The molecule has 0 aliphatic rings. The van der Waals surface area contributed by atoms with Crippen molar-refractivity contribution in [2.75, 3.05) is 6.54 Å². The monoisotopic (exact) mass is 348 g/mol. The molecule has 0 saturated carbocycles. The molecule has 21 heavy (non-hydrogen) atoms. The van der Waals surface area contributed by atoms with Gasteiger partial charge in [-0.05, 0) is 29.8 Å². The van der Waals surface area contributed by atoms with E-state index in [0.717, 1.165) is 0 Å². The molecule has 0 saturated heterocycles. The number of benzene rings is 1. The van der Waals surface area contributed by atoms with E-state index in [4.69, 9.17) is 33.4 Å². The highest BCUT2D eigenvalue weighted by Gasteiger charge is 2.20. The zero-order valence-corrected chi connectivity index (χ0v) is 13.3. The van der Waals surface area contributed by atoms with Crippen molar-refractivity contribution in [1.29, 1.82) is 0 Å². The summed E-state index contributed by atoms with van der Waals surface area (Å²) in [5.41, 5.74) is 6.01. The summed E-state index contributed by atoms with van der Waals surface area (Å²) in [4.78, 5) is -0.0726. The molecule has 0 amide bonds. The van der Waals surface area contributed by atoms with E-state index in [1.54, 1.807) is 18.2 Å². The van der Waals surface area contributed by atoms with Gasteiger partial charge in [0.1, 0.15) is 10.7 Å². The van der Waals surface area contributed by atoms with Gasteiger partial charge >= 0.3 is 0 Å². The zero-order chi connectivity index (χ0) is 15.5. The van der Waals surface area contributed by atoms with Crippen LogP contribution in [-0.4, -0.2) is 15.0 Å². The van der Waals surface area contributed by atoms with E-state index >= 15 is 0 Å². The number of sulfonamides is 1. The van der Waals surface area contributed by atoms with Crippen LogP contribution in [-0.2, 0) is 23.0 Å². The van der Waals surface area contributed by atoms with Crippen molar-refractivity contribution in [2.45, 2.75) is 17.9 Å². The maximum atomic E-state index is 12.3. The van der Waals surface area contributed by atoms with E-state index in [2.05, 4.69) is 4.72 Å². The number of halogens is 2. The normalized spacial score (nSPS) is 11.8. The van der Waals surface area contributed by atoms with Gasteiger partial charge in [-0.25, -0.2) is 13.1 Å². The molecule has 2 rings (SSSR count). The molecule has 0 atom stereocenters. The van der Waals surface area contributed by atoms with Gasteiger partial charge in [0.25, 0.3) is 0 Å². The van der Waals surface area contributed by atoms with E-state index < -0.39 is 10.0 Å². The molecule has 0 spiro atoms. The summed E-state index contributed by atoms with van der Waals surface area (Å²) in [6.07, 6.45) is 1.97. The number of furan rings is 1. The van der Waals surface area contributed by atoms with Crippen LogP contribution in [0.15, 0.2) is 39.8 Å². The topological polar surface area (TPSA) is 85.3 Å². The highest BCUT2D eigenvalue weighted by atomic mass is 35.5. The molecular weight excluding hydrogens is 335 g/mol. The molecule has 0 bridgehead atoms. The molecule has 1 aromatic heterocycles. The summed E-state index contributed by atoms with van der Waals surface area (Å²) in [6.45, 7) is 0.297. The quantitative estimate of drug-likeness (QED) is 0.839. The third kappa shape index (κ3) is 3.99. The number of rotatable bonds is 6. The van der Waals surface area contributed by atoms with Gasteiger partial charge < -0.3 is 10.2 Å². The third-order valence-electron chi connectivity index (χ3n) is 2.83. The van der Waals surface area contributed by atoms with Crippen LogP contribution in [0.5, 0.6) is 0 Å². The van der Waals surface area contributed by atoms with E-state index in [9.17, 15) is 8.42 Å². The summed E-state index contributed by atoms with van der Waals surface area (Å²) in [6, 6.07) is 6.36. The van der Waals surface area contributed by atoms with Crippen molar-refractivity contribution in [1.82, 2.24) is 4.72 Å². The summed E-state index contributed by atoms with van der Waals surface area (Å²) >= 11 is 12.0. The van der Waals surface area contributed by atoms with E-state index in [0.29, 0.717) is 17.7 Å². The largest absolute Gasteiger partial charge is 0.469 e. The molecule has 2 aromatic rings. The molecule has 0 aliphatic heterocycles. The Morgan fingerprint density at radius 2 is 2.05 bits per heavy atom. The van der Waals surface area contributed by atoms with Crippen LogP contribution in [0.1, 0.15) is 11.3 Å². The molecule has 0 unspecified atom stereocenters. The van der Waals surface area contributed by atoms with Gasteiger partial charge in [0, 0.05) is 24.5 Å². The molecule has 0 fully saturated rings. The van der Waals surface area contributed by atoms with Crippen molar-refractivity contribution in [3.63, 3.8) is 0 Å². The number of nitrogens with two attached hydrogens (primary N) is 1. The Bertz CT molecular complexity index is 715. The molecule has 8 heteroatoms. The van der Waals surface area contributed by atoms with Gasteiger partial charge in [-0.15, -0.1) is 0 Å². The Balaban J connectivity index is 2.17. The molecule has 1 aromatic carbocycles. The van der Waals surface area contributed by atoms with E-state index in [1.807, 2.05) is 0 Å².